The molecule has 5 nitrogen and oxygen atoms in total. The summed E-state index contributed by atoms with van der Waals surface area (Å²) in [7, 11) is -4.28. The van der Waals surface area contributed by atoms with Gasteiger partial charge in [-0.3, -0.25) is 4.55 Å². The number of rotatable bonds is 4. The van der Waals surface area contributed by atoms with Crippen LogP contribution in [0.1, 0.15) is 12.8 Å². The van der Waals surface area contributed by atoms with Crippen LogP contribution in [0.3, 0.4) is 0 Å². The number of aliphatic hydroxyl groups is 1. The van der Waals surface area contributed by atoms with E-state index in [9.17, 15) is 8.42 Å². The van der Waals surface area contributed by atoms with E-state index in [0.717, 1.165) is 0 Å². The fraction of sp³-hybridized carbons (Fsp3) is 1.00. The molecule has 3 N–H and O–H groups in total. The predicted octanol–water partition coefficient (Wildman–Crippen LogP) is -2.96. The van der Waals surface area contributed by atoms with E-state index >= 15 is 0 Å². The minimum atomic E-state index is -4.28. The quantitative estimate of drug-likeness (QED) is 0.304. The number of hydrogen-bond acceptors (Lipinski definition) is 4. The van der Waals surface area contributed by atoms with E-state index < -0.39 is 15.6 Å². The van der Waals surface area contributed by atoms with Crippen LogP contribution in [0.2, 0.25) is 0 Å². The van der Waals surface area contributed by atoms with Crippen LogP contribution in [-0.2, 0) is 10.1 Å². The molecule has 0 radical (unpaired) electrons. The van der Waals surface area contributed by atoms with Gasteiger partial charge in [0, 0.05) is 5.88 Å². The Morgan fingerprint density at radius 1 is 1.42 bits per heavy atom. The Morgan fingerprint density at radius 3 is 2.08 bits per heavy atom. The minimum absolute atomic E-state index is 0. The summed E-state index contributed by atoms with van der Waals surface area (Å²) in [5.41, 5.74) is -1.69. The standard InChI is InChI=1S/C4H9ClO4S.Na.H2O/c5-3-1-2-4(6)10(7,8)9;;/h4,6H,1-3H2,(H,7,8,9);;1H2/q;+1;/p-1. The van der Waals surface area contributed by atoms with Crippen molar-refractivity contribution in [2.45, 2.75) is 18.3 Å². The van der Waals surface area contributed by atoms with Crippen LogP contribution in [-0.4, -0.2) is 34.9 Å². The van der Waals surface area contributed by atoms with Crippen molar-refractivity contribution in [3.8, 4) is 0 Å². The van der Waals surface area contributed by atoms with Gasteiger partial charge in [0.1, 0.15) is 0 Å². The molecule has 12 heavy (non-hydrogen) atoms. The van der Waals surface area contributed by atoms with Gasteiger partial charge in [-0.1, -0.05) is 0 Å². The molecule has 0 heterocycles. The normalized spacial score (nSPS) is 12.6. The van der Waals surface area contributed by atoms with Crippen LogP contribution < -0.4 is 29.6 Å². The molecule has 8 heteroatoms. The maximum Gasteiger partial charge on any atom is 1.00 e. The molecule has 0 aliphatic rings. The van der Waals surface area contributed by atoms with Crippen molar-refractivity contribution in [3.05, 3.63) is 0 Å². The van der Waals surface area contributed by atoms with Crippen molar-refractivity contribution in [1.82, 2.24) is 0 Å². The molecule has 0 aliphatic carbocycles. The zero-order valence-electron chi connectivity index (χ0n) is 6.64. The van der Waals surface area contributed by atoms with Crippen molar-refractivity contribution < 1.29 is 53.1 Å². The molecule has 1 unspecified atom stereocenters. The van der Waals surface area contributed by atoms with E-state index in [1.54, 1.807) is 0 Å². The van der Waals surface area contributed by atoms with Gasteiger partial charge in [0.2, 0.25) is 0 Å². The van der Waals surface area contributed by atoms with Crippen molar-refractivity contribution in [1.29, 1.82) is 0 Å². The predicted molar refractivity (Wildman–Crippen MR) is 39.4 cm³/mol. The summed E-state index contributed by atoms with van der Waals surface area (Å²) in [6.07, 6.45) is 0.338. The Morgan fingerprint density at radius 2 is 1.83 bits per heavy atom. The third kappa shape index (κ3) is 9.21. The SMILES string of the molecule is O=S(=O)(O)C(O)CCCCl.[Na+].[OH-]. The van der Waals surface area contributed by atoms with Crippen LogP contribution in [0, 0.1) is 0 Å². The van der Waals surface area contributed by atoms with Gasteiger partial charge in [0.15, 0.2) is 5.44 Å². The molecule has 0 amide bonds. The molecular formula is C4H10ClNaO5S. The van der Waals surface area contributed by atoms with Crippen LogP contribution in [0.4, 0.5) is 0 Å². The first-order valence-corrected chi connectivity index (χ1v) is 4.72. The number of alkyl halides is 1. The molecule has 0 bridgehead atoms. The first-order chi connectivity index (χ1) is 4.48. The average molecular weight is 229 g/mol. The number of aliphatic hydroxyl groups excluding tert-OH is 1. The largest absolute Gasteiger partial charge is 1.00 e. The van der Waals surface area contributed by atoms with Gasteiger partial charge >= 0.3 is 29.6 Å². The van der Waals surface area contributed by atoms with Crippen LogP contribution in [0.25, 0.3) is 0 Å². The molecule has 0 spiro atoms. The third-order valence-electron chi connectivity index (χ3n) is 0.929. The summed E-state index contributed by atoms with van der Waals surface area (Å²) >= 11 is 5.21. The maximum absolute atomic E-state index is 10.1. The molecule has 0 aromatic rings. The number of hydrogen-bond donors (Lipinski definition) is 2. The molecule has 1 atom stereocenters. The third-order valence-corrected chi connectivity index (χ3v) is 2.12. The van der Waals surface area contributed by atoms with Gasteiger partial charge in [-0.2, -0.15) is 8.42 Å². The fourth-order valence-corrected chi connectivity index (χ4v) is 1.02. The Hall–Kier alpha value is 1.12. The summed E-state index contributed by atoms with van der Waals surface area (Å²) in [6.45, 7) is 0. The van der Waals surface area contributed by atoms with Gasteiger partial charge in [0.25, 0.3) is 10.1 Å². The summed E-state index contributed by atoms with van der Waals surface area (Å²) in [5.74, 6) is 0.270. The van der Waals surface area contributed by atoms with Crippen molar-refractivity contribution in [2.75, 3.05) is 5.88 Å². The topological polar surface area (TPSA) is 105 Å². The summed E-state index contributed by atoms with van der Waals surface area (Å²) in [5, 5.41) is 8.62. The van der Waals surface area contributed by atoms with E-state index in [-0.39, 0.29) is 47.3 Å². The van der Waals surface area contributed by atoms with Crippen LogP contribution >= 0.6 is 11.6 Å². The van der Waals surface area contributed by atoms with E-state index in [1.807, 2.05) is 0 Å². The second kappa shape index (κ2) is 8.71. The summed E-state index contributed by atoms with van der Waals surface area (Å²) < 4.78 is 28.4. The Kier molecular flexibility index (Phi) is 13.7. The van der Waals surface area contributed by atoms with Gasteiger partial charge in [-0.15, -0.1) is 11.6 Å². The summed E-state index contributed by atoms with van der Waals surface area (Å²) in [6, 6.07) is 0. The van der Waals surface area contributed by atoms with Crippen molar-refractivity contribution >= 4 is 21.7 Å². The number of halogens is 1. The molecule has 0 rings (SSSR count). The van der Waals surface area contributed by atoms with Gasteiger partial charge < -0.3 is 10.6 Å². The molecular weight excluding hydrogens is 219 g/mol. The van der Waals surface area contributed by atoms with Gasteiger partial charge in [-0.05, 0) is 12.8 Å². The van der Waals surface area contributed by atoms with Crippen LogP contribution in [0.15, 0.2) is 0 Å². The van der Waals surface area contributed by atoms with Crippen molar-refractivity contribution in [2.24, 2.45) is 0 Å². The molecule has 0 saturated carbocycles. The van der Waals surface area contributed by atoms with Crippen molar-refractivity contribution in [3.63, 3.8) is 0 Å². The average Bonchev–Trinajstić information content (AvgIpc) is 1.80. The first-order valence-electron chi connectivity index (χ1n) is 2.69. The molecule has 70 valence electrons. The molecule has 0 fully saturated rings. The zero-order chi connectivity index (χ0) is 8.20. The maximum atomic E-state index is 10.1. The van der Waals surface area contributed by atoms with E-state index in [0.29, 0.717) is 6.42 Å². The monoisotopic (exact) mass is 228 g/mol. The summed E-state index contributed by atoms with van der Waals surface area (Å²) in [4.78, 5) is 0. The van der Waals surface area contributed by atoms with Gasteiger partial charge in [-0.25, -0.2) is 0 Å². The second-order valence-corrected chi connectivity index (χ2v) is 3.75. The molecule has 0 aromatic heterocycles. The van der Waals surface area contributed by atoms with Gasteiger partial charge in [0.05, 0.1) is 0 Å². The Balaban J connectivity index is -0.000000405. The Labute approximate surface area is 98.5 Å². The zero-order valence-corrected chi connectivity index (χ0v) is 10.2. The Bertz CT molecular complexity index is 182. The molecule has 0 aliphatic heterocycles. The fourth-order valence-electron chi connectivity index (χ4n) is 0.401. The van der Waals surface area contributed by atoms with Crippen LogP contribution in [0.5, 0.6) is 0 Å². The molecule has 0 saturated heterocycles. The van der Waals surface area contributed by atoms with E-state index in [2.05, 4.69) is 0 Å². The van der Waals surface area contributed by atoms with E-state index in [4.69, 9.17) is 21.3 Å². The first kappa shape index (κ1) is 18.8. The minimum Gasteiger partial charge on any atom is -0.870 e. The van der Waals surface area contributed by atoms with E-state index in [1.165, 1.54) is 0 Å². The smallest absolute Gasteiger partial charge is 0.870 e. The second-order valence-electron chi connectivity index (χ2n) is 1.80. The molecule has 0 aromatic carbocycles.